The number of carboxylic acids is 1. The maximum Gasteiger partial charge on any atom is 0.352 e. The van der Waals surface area contributed by atoms with Crippen molar-refractivity contribution in [3.8, 4) is 17.2 Å². The highest BCUT2D eigenvalue weighted by Crippen LogP contribution is 2.25. The van der Waals surface area contributed by atoms with Gasteiger partial charge in [-0.2, -0.15) is 5.26 Å². The summed E-state index contributed by atoms with van der Waals surface area (Å²) in [5.41, 5.74) is 3.21. The van der Waals surface area contributed by atoms with Crippen LogP contribution < -0.4 is 0 Å². The monoisotopic (exact) mass is 226 g/mol. The minimum atomic E-state index is -0.970. The number of aromatic amines is 1. The third-order valence-corrected chi connectivity index (χ3v) is 2.68. The first kappa shape index (κ1) is 11.0. The predicted molar refractivity (Wildman–Crippen MR) is 62.6 cm³/mol. The van der Waals surface area contributed by atoms with Crippen molar-refractivity contribution in [1.29, 1.82) is 5.26 Å². The summed E-state index contributed by atoms with van der Waals surface area (Å²) in [6, 6.07) is 9.07. The van der Waals surface area contributed by atoms with Crippen LogP contribution in [0.25, 0.3) is 11.1 Å². The number of nitrogens with zero attached hydrogens (tertiary/aromatic N) is 1. The molecule has 0 spiro atoms. The van der Waals surface area contributed by atoms with Crippen molar-refractivity contribution < 1.29 is 9.90 Å². The highest BCUT2D eigenvalue weighted by atomic mass is 16.4. The molecule has 84 valence electrons. The van der Waals surface area contributed by atoms with Gasteiger partial charge >= 0.3 is 5.97 Å². The molecule has 0 aliphatic rings. The fourth-order valence-corrected chi connectivity index (χ4v) is 1.74. The van der Waals surface area contributed by atoms with Gasteiger partial charge in [0.05, 0.1) is 11.6 Å². The quantitative estimate of drug-likeness (QED) is 0.826. The first-order valence-corrected chi connectivity index (χ1v) is 5.05. The number of aromatic nitrogens is 1. The molecule has 0 unspecified atom stereocenters. The molecule has 1 aromatic carbocycles. The molecular formula is C13H10N2O2. The van der Waals surface area contributed by atoms with Gasteiger partial charge in [-0.25, -0.2) is 4.79 Å². The van der Waals surface area contributed by atoms with Crippen LogP contribution in [0.15, 0.2) is 30.5 Å². The molecule has 4 nitrogen and oxygen atoms in total. The lowest BCUT2D eigenvalue weighted by molar-refractivity contribution is 0.0690. The first-order chi connectivity index (χ1) is 8.13. The fraction of sp³-hybridized carbons (Fsp3) is 0.0769. The zero-order valence-corrected chi connectivity index (χ0v) is 9.19. The van der Waals surface area contributed by atoms with Gasteiger partial charge in [0.25, 0.3) is 0 Å². The van der Waals surface area contributed by atoms with Crippen molar-refractivity contribution in [3.63, 3.8) is 0 Å². The van der Waals surface area contributed by atoms with Crippen molar-refractivity contribution in [2.75, 3.05) is 0 Å². The minimum absolute atomic E-state index is 0.198. The number of H-pyrrole nitrogens is 1. The van der Waals surface area contributed by atoms with E-state index in [9.17, 15) is 4.79 Å². The number of carbonyl (C=O) groups is 1. The number of nitriles is 1. The Labute approximate surface area is 98.1 Å². The van der Waals surface area contributed by atoms with Crippen molar-refractivity contribution >= 4 is 5.97 Å². The van der Waals surface area contributed by atoms with Crippen LogP contribution in [0.3, 0.4) is 0 Å². The Hall–Kier alpha value is -2.54. The third-order valence-electron chi connectivity index (χ3n) is 2.68. The molecule has 17 heavy (non-hydrogen) atoms. The van der Waals surface area contributed by atoms with E-state index in [1.54, 1.807) is 37.4 Å². The van der Waals surface area contributed by atoms with Crippen molar-refractivity contribution in [3.05, 3.63) is 47.3 Å². The Morgan fingerprint density at radius 1 is 1.35 bits per heavy atom. The van der Waals surface area contributed by atoms with Gasteiger partial charge in [-0.05, 0) is 30.2 Å². The van der Waals surface area contributed by atoms with Gasteiger partial charge in [-0.15, -0.1) is 0 Å². The molecule has 0 radical (unpaired) electrons. The minimum Gasteiger partial charge on any atom is -0.477 e. The van der Waals surface area contributed by atoms with Gasteiger partial charge in [0.15, 0.2) is 0 Å². The normalized spacial score (nSPS) is 9.88. The summed E-state index contributed by atoms with van der Waals surface area (Å²) in [6.07, 6.45) is 1.67. The van der Waals surface area contributed by atoms with Crippen LogP contribution in [0.1, 0.15) is 21.6 Å². The summed E-state index contributed by atoms with van der Waals surface area (Å²) in [6.45, 7) is 1.76. The zero-order chi connectivity index (χ0) is 12.4. The Bertz CT molecular complexity index is 603. The number of rotatable bonds is 2. The van der Waals surface area contributed by atoms with Crippen molar-refractivity contribution in [2.24, 2.45) is 0 Å². The summed E-state index contributed by atoms with van der Waals surface area (Å²) in [5, 5.41) is 17.6. The molecule has 0 bridgehead atoms. The van der Waals surface area contributed by atoms with Gasteiger partial charge in [0, 0.05) is 11.8 Å². The van der Waals surface area contributed by atoms with Gasteiger partial charge in [0.1, 0.15) is 5.69 Å². The second kappa shape index (κ2) is 4.14. The van der Waals surface area contributed by atoms with E-state index in [-0.39, 0.29) is 5.69 Å². The van der Waals surface area contributed by atoms with E-state index in [0.29, 0.717) is 11.1 Å². The lowest BCUT2D eigenvalue weighted by Crippen LogP contribution is -1.98. The van der Waals surface area contributed by atoms with Crippen LogP contribution in [-0.4, -0.2) is 16.1 Å². The lowest BCUT2D eigenvalue weighted by Gasteiger charge is -2.00. The Morgan fingerprint density at radius 3 is 2.47 bits per heavy atom. The van der Waals surface area contributed by atoms with E-state index >= 15 is 0 Å². The third kappa shape index (κ3) is 1.91. The van der Waals surface area contributed by atoms with Crippen molar-refractivity contribution in [2.45, 2.75) is 6.92 Å². The molecular weight excluding hydrogens is 216 g/mol. The van der Waals surface area contributed by atoms with Crippen LogP contribution in [-0.2, 0) is 0 Å². The van der Waals surface area contributed by atoms with Crippen LogP contribution >= 0.6 is 0 Å². The maximum absolute atomic E-state index is 10.9. The largest absolute Gasteiger partial charge is 0.477 e. The first-order valence-electron chi connectivity index (χ1n) is 5.05. The number of hydrogen-bond donors (Lipinski definition) is 2. The Balaban J connectivity index is 2.47. The van der Waals surface area contributed by atoms with Crippen LogP contribution in [0.2, 0.25) is 0 Å². The van der Waals surface area contributed by atoms with Crippen molar-refractivity contribution in [1.82, 2.24) is 4.98 Å². The molecule has 0 amide bonds. The van der Waals surface area contributed by atoms with Gasteiger partial charge in [-0.1, -0.05) is 12.1 Å². The Kier molecular flexibility index (Phi) is 2.67. The summed E-state index contributed by atoms with van der Waals surface area (Å²) in [4.78, 5) is 13.6. The van der Waals surface area contributed by atoms with E-state index in [1.165, 1.54) is 0 Å². The Morgan fingerprint density at radius 2 is 2.00 bits per heavy atom. The number of nitrogens with one attached hydrogen (secondary N) is 1. The second-order valence-electron chi connectivity index (χ2n) is 3.70. The van der Waals surface area contributed by atoms with Crippen LogP contribution in [0.4, 0.5) is 0 Å². The average Bonchev–Trinajstić information content (AvgIpc) is 2.71. The second-order valence-corrected chi connectivity index (χ2v) is 3.70. The number of benzene rings is 1. The SMILES string of the molecule is Cc1c(-c2ccc(C#N)cc2)c[nH]c1C(=O)O. The number of hydrogen-bond acceptors (Lipinski definition) is 2. The van der Waals surface area contributed by atoms with Gasteiger partial charge in [-0.3, -0.25) is 0 Å². The molecule has 0 fully saturated rings. The van der Waals surface area contributed by atoms with Gasteiger partial charge < -0.3 is 10.1 Å². The summed E-state index contributed by atoms with van der Waals surface area (Å²) < 4.78 is 0. The zero-order valence-electron chi connectivity index (χ0n) is 9.19. The molecule has 2 rings (SSSR count). The highest BCUT2D eigenvalue weighted by molar-refractivity contribution is 5.90. The van der Waals surface area contributed by atoms with Crippen LogP contribution in [0.5, 0.6) is 0 Å². The predicted octanol–water partition coefficient (Wildman–Crippen LogP) is 2.56. The maximum atomic E-state index is 10.9. The smallest absolute Gasteiger partial charge is 0.352 e. The molecule has 0 saturated heterocycles. The van der Waals surface area contributed by atoms with Crippen LogP contribution in [0, 0.1) is 18.3 Å². The average molecular weight is 226 g/mol. The highest BCUT2D eigenvalue weighted by Gasteiger charge is 2.13. The molecule has 2 N–H and O–H groups in total. The molecule has 0 aliphatic heterocycles. The number of aromatic carboxylic acids is 1. The summed E-state index contributed by atoms with van der Waals surface area (Å²) in [5.74, 6) is -0.970. The summed E-state index contributed by atoms with van der Waals surface area (Å²) >= 11 is 0. The van der Waals surface area contributed by atoms with E-state index in [4.69, 9.17) is 10.4 Å². The molecule has 0 atom stereocenters. The lowest BCUT2D eigenvalue weighted by atomic mass is 10.0. The molecule has 1 heterocycles. The van der Waals surface area contributed by atoms with Gasteiger partial charge in [0.2, 0.25) is 0 Å². The molecule has 2 aromatic rings. The van der Waals surface area contributed by atoms with E-state index in [2.05, 4.69) is 4.98 Å². The molecule has 4 heteroatoms. The van der Waals surface area contributed by atoms with E-state index in [0.717, 1.165) is 11.1 Å². The fourth-order valence-electron chi connectivity index (χ4n) is 1.74. The van der Waals surface area contributed by atoms with E-state index in [1.807, 2.05) is 6.07 Å². The standard InChI is InChI=1S/C13H10N2O2/c1-8-11(7-15-12(8)13(16)17)10-4-2-9(6-14)3-5-10/h2-5,7,15H,1H3,(H,16,17). The molecule has 1 aromatic heterocycles. The molecule has 0 aliphatic carbocycles. The number of carboxylic acid groups (broad SMARTS) is 1. The molecule has 0 saturated carbocycles. The summed E-state index contributed by atoms with van der Waals surface area (Å²) in [7, 11) is 0. The van der Waals surface area contributed by atoms with E-state index < -0.39 is 5.97 Å². The topological polar surface area (TPSA) is 76.9 Å².